The SMILES string of the molecule is COc1cc(/C=C(\C#N)C(=O)NCc2ccco2)cc(Br)c1OCC#N. The van der Waals surface area contributed by atoms with Crippen molar-refractivity contribution in [2.45, 2.75) is 6.54 Å². The number of nitrogens with one attached hydrogen (secondary N) is 1. The van der Waals surface area contributed by atoms with Crippen LogP contribution in [0.2, 0.25) is 0 Å². The van der Waals surface area contributed by atoms with Gasteiger partial charge in [-0.05, 0) is 51.8 Å². The van der Waals surface area contributed by atoms with E-state index in [1.54, 1.807) is 24.3 Å². The molecule has 1 amide bonds. The smallest absolute Gasteiger partial charge is 0.262 e. The summed E-state index contributed by atoms with van der Waals surface area (Å²) in [6, 6.07) is 10.4. The second-order valence-electron chi connectivity index (χ2n) is 4.91. The number of furan rings is 1. The van der Waals surface area contributed by atoms with Gasteiger partial charge in [0.1, 0.15) is 23.5 Å². The first-order chi connectivity index (χ1) is 12.6. The fourth-order valence-corrected chi connectivity index (χ4v) is 2.63. The van der Waals surface area contributed by atoms with Crippen LogP contribution < -0.4 is 14.8 Å². The minimum Gasteiger partial charge on any atom is -0.493 e. The Bertz CT molecular complexity index is 892. The van der Waals surface area contributed by atoms with Gasteiger partial charge in [-0.25, -0.2) is 0 Å². The molecule has 0 bridgehead atoms. The standard InChI is InChI=1S/C18H14BrN3O4/c1-24-16-9-12(8-15(19)17(16)26-6-4-20)7-13(10-21)18(23)22-11-14-3-2-5-25-14/h2-3,5,7-9H,6,11H2,1H3,(H,22,23)/b13-7+. The summed E-state index contributed by atoms with van der Waals surface area (Å²) in [6.45, 7) is 0.0432. The van der Waals surface area contributed by atoms with Gasteiger partial charge in [0.05, 0.1) is 24.4 Å². The first kappa shape index (κ1) is 19.1. The molecule has 0 atom stereocenters. The van der Waals surface area contributed by atoms with Gasteiger partial charge in [-0.2, -0.15) is 10.5 Å². The van der Waals surface area contributed by atoms with Crippen molar-refractivity contribution in [2.24, 2.45) is 0 Å². The Hall–Kier alpha value is -3.23. The van der Waals surface area contributed by atoms with Crippen LogP contribution in [-0.4, -0.2) is 19.6 Å². The Morgan fingerprint density at radius 1 is 1.42 bits per heavy atom. The summed E-state index contributed by atoms with van der Waals surface area (Å²) >= 11 is 3.34. The highest BCUT2D eigenvalue weighted by atomic mass is 79.9. The number of nitriles is 2. The zero-order chi connectivity index (χ0) is 18.9. The third-order valence-electron chi connectivity index (χ3n) is 3.21. The molecule has 0 saturated carbocycles. The van der Waals surface area contributed by atoms with Crippen molar-refractivity contribution in [3.8, 4) is 23.6 Å². The van der Waals surface area contributed by atoms with Gasteiger partial charge in [0.15, 0.2) is 18.1 Å². The monoisotopic (exact) mass is 415 g/mol. The third kappa shape index (κ3) is 4.88. The largest absolute Gasteiger partial charge is 0.493 e. The molecule has 132 valence electrons. The van der Waals surface area contributed by atoms with Crippen LogP contribution in [0.3, 0.4) is 0 Å². The predicted octanol–water partition coefficient (Wildman–Crippen LogP) is 3.18. The molecule has 1 aromatic heterocycles. The van der Waals surface area contributed by atoms with Crippen LogP contribution in [0.1, 0.15) is 11.3 Å². The van der Waals surface area contributed by atoms with Gasteiger partial charge in [0, 0.05) is 0 Å². The van der Waals surface area contributed by atoms with E-state index in [0.29, 0.717) is 27.3 Å². The molecule has 0 aliphatic carbocycles. The van der Waals surface area contributed by atoms with Gasteiger partial charge in [-0.1, -0.05) is 0 Å². The summed E-state index contributed by atoms with van der Waals surface area (Å²) in [5.74, 6) is 0.795. The van der Waals surface area contributed by atoms with Crippen LogP contribution in [0.15, 0.2) is 45.0 Å². The molecule has 0 unspecified atom stereocenters. The maximum Gasteiger partial charge on any atom is 0.262 e. The zero-order valence-corrected chi connectivity index (χ0v) is 15.4. The molecule has 26 heavy (non-hydrogen) atoms. The highest BCUT2D eigenvalue weighted by Crippen LogP contribution is 2.37. The number of halogens is 1. The summed E-state index contributed by atoms with van der Waals surface area (Å²) in [5, 5.41) is 20.5. The Morgan fingerprint density at radius 3 is 2.85 bits per heavy atom. The molecule has 0 saturated heterocycles. The van der Waals surface area contributed by atoms with E-state index < -0.39 is 5.91 Å². The molecule has 0 fully saturated rings. The lowest BCUT2D eigenvalue weighted by atomic mass is 10.1. The molecule has 0 aliphatic heterocycles. The van der Waals surface area contributed by atoms with Gasteiger partial charge in [0.25, 0.3) is 5.91 Å². The second kappa shape index (κ2) is 9.30. The number of methoxy groups -OCH3 is 1. The number of nitrogens with zero attached hydrogens (tertiary/aromatic N) is 2. The fraction of sp³-hybridized carbons (Fsp3) is 0.167. The Balaban J connectivity index is 2.22. The molecule has 0 radical (unpaired) electrons. The summed E-state index contributed by atoms with van der Waals surface area (Å²) < 4.78 is 16.2. The maximum atomic E-state index is 12.2. The van der Waals surface area contributed by atoms with E-state index in [-0.39, 0.29) is 18.7 Å². The van der Waals surface area contributed by atoms with E-state index in [1.807, 2.05) is 12.1 Å². The average Bonchev–Trinajstić information content (AvgIpc) is 3.16. The van der Waals surface area contributed by atoms with Crippen LogP contribution in [0.4, 0.5) is 0 Å². The van der Waals surface area contributed by atoms with Crippen LogP contribution in [-0.2, 0) is 11.3 Å². The molecule has 0 aliphatic rings. The number of carbonyl (C=O) groups excluding carboxylic acids is 1. The molecule has 8 heteroatoms. The summed E-state index contributed by atoms with van der Waals surface area (Å²) in [7, 11) is 1.45. The maximum absolute atomic E-state index is 12.2. The van der Waals surface area contributed by atoms with Gasteiger partial charge >= 0.3 is 0 Å². The van der Waals surface area contributed by atoms with E-state index >= 15 is 0 Å². The molecule has 1 N–H and O–H groups in total. The van der Waals surface area contributed by atoms with E-state index in [0.717, 1.165) is 0 Å². The topological polar surface area (TPSA) is 108 Å². The third-order valence-corrected chi connectivity index (χ3v) is 3.80. The normalized spacial score (nSPS) is 10.5. The Morgan fingerprint density at radius 2 is 2.23 bits per heavy atom. The van der Waals surface area contributed by atoms with Crippen LogP contribution in [0.5, 0.6) is 11.5 Å². The quantitative estimate of drug-likeness (QED) is 0.549. The summed E-state index contributed by atoms with van der Waals surface area (Å²) in [6.07, 6.45) is 2.93. The van der Waals surface area contributed by atoms with E-state index in [4.69, 9.17) is 19.2 Å². The summed E-state index contributed by atoms with van der Waals surface area (Å²) in [4.78, 5) is 12.2. The van der Waals surface area contributed by atoms with E-state index in [2.05, 4.69) is 21.2 Å². The van der Waals surface area contributed by atoms with Crippen LogP contribution >= 0.6 is 15.9 Å². The highest BCUT2D eigenvalue weighted by molar-refractivity contribution is 9.10. The number of benzene rings is 1. The highest BCUT2D eigenvalue weighted by Gasteiger charge is 2.14. The first-order valence-electron chi connectivity index (χ1n) is 7.38. The first-order valence-corrected chi connectivity index (χ1v) is 8.18. The van der Waals surface area contributed by atoms with Gasteiger partial charge < -0.3 is 19.2 Å². The molecule has 1 heterocycles. The number of amides is 1. The van der Waals surface area contributed by atoms with E-state index in [1.165, 1.54) is 19.4 Å². The van der Waals surface area contributed by atoms with Crippen molar-refractivity contribution in [1.82, 2.24) is 5.32 Å². The molecular formula is C18H14BrN3O4. The lowest BCUT2D eigenvalue weighted by Crippen LogP contribution is -2.23. The van der Waals surface area contributed by atoms with Gasteiger partial charge in [-0.15, -0.1) is 0 Å². The molecule has 1 aromatic carbocycles. The second-order valence-corrected chi connectivity index (χ2v) is 5.77. The van der Waals surface area contributed by atoms with Crippen molar-refractivity contribution in [1.29, 1.82) is 10.5 Å². The Labute approximate surface area is 158 Å². The Kier molecular flexibility index (Phi) is 6.84. The molecule has 2 rings (SSSR count). The number of ether oxygens (including phenoxy) is 2. The number of carbonyl (C=O) groups is 1. The zero-order valence-electron chi connectivity index (χ0n) is 13.8. The van der Waals surface area contributed by atoms with Crippen LogP contribution in [0.25, 0.3) is 6.08 Å². The molecular weight excluding hydrogens is 402 g/mol. The summed E-state index contributed by atoms with van der Waals surface area (Å²) in [5.41, 5.74) is 0.485. The molecule has 2 aromatic rings. The fourth-order valence-electron chi connectivity index (χ4n) is 2.06. The van der Waals surface area contributed by atoms with Crippen molar-refractivity contribution in [3.05, 3.63) is 51.9 Å². The lowest BCUT2D eigenvalue weighted by molar-refractivity contribution is -0.117. The number of hydrogen-bond donors (Lipinski definition) is 1. The van der Waals surface area contributed by atoms with Crippen LogP contribution in [0, 0.1) is 22.7 Å². The van der Waals surface area contributed by atoms with Crippen molar-refractivity contribution >= 4 is 27.9 Å². The number of hydrogen-bond acceptors (Lipinski definition) is 6. The number of rotatable bonds is 7. The molecule has 0 spiro atoms. The lowest BCUT2D eigenvalue weighted by Gasteiger charge is -2.11. The van der Waals surface area contributed by atoms with Gasteiger partial charge in [0.2, 0.25) is 0 Å². The van der Waals surface area contributed by atoms with Gasteiger partial charge in [-0.3, -0.25) is 4.79 Å². The minimum absolute atomic E-state index is 0.0730. The van der Waals surface area contributed by atoms with Crippen molar-refractivity contribution < 1.29 is 18.7 Å². The molecule has 7 nitrogen and oxygen atoms in total. The average molecular weight is 416 g/mol. The van der Waals surface area contributed by atoms with Crippen molar-refractivity contribution in [2.75, 3.05) is 13.7 Å². The minimum atomic E-state index is -0.524. The van der Waals surface area contributed by atoms with E-state index in [9.17, 15) is 10.1 Å². The van der Waals surface area contributed by atoms with Crippen molar-refractivity contribution in [3.63, 3.8) is 0 Å². The predicted molar refractivity (Wildman–Crippen MR) is 95.9 cm³/mol.